The van der Waals surface area contributed by atoms with Gasteiger partial charge in [-0.15, -0.1) is 0 Å². The molecule has 3 rings (SSSR count). The molecule has 0 aliphatic rings. The molecular weight excluding hydrogens is 432 g/mol. The molecule has 3 aromatic rings. The van der Waals surface area contributed by atoms with Crippen LogP contribution in [0.2, 0.25) is 0 Å². The Labute approximate surface area is 197 Å². The van der Waals surface area contributed by atoms with Gasteiger partial charge in [-0.2, -0.15) is 0 Å². The number of benzene rings is 3. The normalized spacial score (nSPS) is 12.3. The predicted octanol–water partition coefficient (Wildman–Crippen LogP) is 5.25. The maximum atomic E-state index is 13.6. The second kappa shape index (κ2) is 10.2. The number of rotatable bonds is 8. The summed E-state index contributed by atoms with van der Waals surface area (Å²) in [5.74, 6) is -0.357. The molecule has 0 bridgehead atoms. The molecule has 0 heterocycles. The average molecular weight is 465 g/mol. The Bertz CT molecular complexity index is 1230. The van der Waals surface area contributed by atoms with E-state index >= 15 is 0 Å². The number of nitrogens with one attached hydrogen (secondary N) is 1. The van der Waals surface area contributed by atoms with E-state index in [1.165, 1.54) is 4.31 Å². The highest BCUT2D eigenvalue weighted by Gasteiger charge is 2.29. The molecule has 5 nitrogen and oxygen atoms in total. The molecule has 0 aliphatic heterocycles. The third-order valence-corrected chi connectivity index (χ3v) is 7.58. The number of anilines is 1. The maximum Gasteiger partial charge on any atom is 0.264 e. The molecule has 1 amide bonds. The number of amides is 1. The molecule has 1 atom stereocenters. The lowest BCUT2D eigenvalue weighted by atomic mass is 10.0. The van der Waals surface area contributed by atoms with Crippen LogP contribution in [0.4, 0.5) is 5.69 Å². The molecule has 0 aliphatic carbocycles. The van der Waals surface area contributed by atoms with Gasteiger partial charge in [-0.3, -0.25) is 9.10 Å². The molecule has 6 heteroatoms. The van der Waals surface area contributed by atoms with Crippen molar-refractivity contribution in [2.45, 2.75) is 52.0 Å². The zero-order chi connectivity index (χ0) is 24.2. The molecule has 0 radical (unpaired) electrons. The van der Waals surface area contributed by atoms with Gasteiger partial charge in [0, 0.05) is 0 Å². The molecule has 1 N–H and O–H groups in total. The van der Waals surface area contributed by atoms with Crippen LogP contribution in [0.5, 0.6) is 0 Å². The summed E-state index contributed by atoms with van der Waals surface area (Å²) in [6, 6.07) is 19.9. The number of hydrogen-bond donors (Lipinski definition) is 1. The average Bonchev–Trinajstić information content (AvgIpc) is 2.77. The van der Waals surface area contributed by atoms with Crippen LogP contribution in [0.3, 0.4) is 0 Å². The predicted molar refractivity (Wildman–Crippen MR) is 134 cm³/mol. The topological polar surface area (TPSA) is 66.5 Å². The van der Waals surface area contributed by atoms with Crippen LogP contribution in [0, 0.1) is 20.8 Å². The number of aryl methyl sites for hydroxylation is 4. The monoisotopic (exact) mass is 464 g/mol. The smallest absolute Gasteiger partial charge is 0.264 e. The Morgan fingerprint density at radius 3 is 2.21 bits per heavy atom. The van der Waals surface area contributed by atoms with Gasteiger partial charge in [0.1, 0.15) is 6.54 Å². The summed E-state index contributed by atoms with van der Waals surface area (Å²) in [6.45, 7) is 9.52. The Kier molecular flexibility index (Phi) is 7.59. The van der Waals surface area contributed by atoms with Crippen molar-refractivity contribution in [3.05, 3.63) is 94.5 Å². The third kappa shape index (κ3) is 5.63. The molecule has 33 heavy (non-hydrogen) atoms. The number of sulfonamides is 1. The molecular formula is C27H32N2O3S. The van der Waals surface area contributed by atoms with Gasteiger partial charge in [-0.05, 0) is 69.0 Å². The summed E-state index contributed by atoms with van der Waals surface area (Å²) in [6.07, 6.45) is 0.649. The van der Waals surface area contributed by atoms with Gasteiger partial charge in [0.2, 0.25) is 5.91 Å². The third-order valence-electron chi connectivity index (χ3n) is 5.81. The van der Waals surface area contributed by atoms with Crippen molar-refractivity contribution in [1.29, 1.82) is 0 Å². The highest BCUT2D eigenvalue weighted by atomic mass is 32.2. The van der Waals surface area contributed by atoms with Crippen LogP contribution >= 0.6 is 0 Å². The Morgan fingerprint density at radius 2 is 1.58 bits per heavy atom. The minimum absolute atomic E-state index is 0.161. The van der Waals surface area contributed by atoms with Crippen molar-refractivity contribution < 1.29 is 13.2 Å². The zero-order valence-corrected chi connectivity index (χ0v) is 20.7. The quantitative estimate of drug-likeness (QED) is 0.495. The first-order valence-corrected chi connectivity index (χ1v) is 12.6. The number of carbonyl (C=O) groups is 1. The number of nitrogens with zero attached hydrogens (tertiary/aromatic N) is 1. The van der Waals surface area contributed by atoms with Crippen LogP contribution < -0.4 is 9.62 Å². The first kappa shape index (κ1) is 24.5. The van der Waals surface area contributed by atoms with Crippen LogP contribution in [-0.2, 0) is 21.2 Å². The molecule has 0 saturated heterocycles. The molecule has 0 fully saturated rings. The van der Waals surface area contributed by atoms with Gasteiger partial charge in [-0.25, -0.2) is 8.42 Å². The lowest BCUT2D eigenvalue weighted by Crippen LogP contribution is -2.42. The lowest BCUT2D eigenvalue weighted by Gasteiger charge is -2.27. The van der Waals surface area contributed by atoms with Crippen LogP contribution in [-0.4, -0.2) is 20.9 Å². The summed E-state index contributed by atoms with van der Waals surface area (Å²) < 4.78 is 28.5. The van der Waals surface area contributed by atoms with E-state index in [0.29, 0.717) is 12.1 Å². The summed E-state index contributed by atoms with van der Waals surface area (Å²) in [5, 5.41) is 2.98. The second-order valence-electron chi connectivity index (χ2n) is 8.46. The Hall–Kier alpha value is -3.12. The van der Waals surface area contributed by atoms with Gasteiger partial charge in [-0.1, -0.05) is 66.6 Å². The van der Waals surface area contributed by atoms with E-state index in [0.717, 1.165) is 27.8 Å². The van der Waals surface area contributed by atoms with Crippen molar-refractivity contribution >= 4 is 21.6 Å². The first-order valence-electron chi connectivity index (χ1n) is 11.2. The van der Waals surface area contributed by atoms with Gasteiger partial charge in [0.15, 0.2) is 0 Å². The number of hydrogen-bond acceptors (Lipinski definition) is 3. The zero-order valence-electron chi connectivity index (χ0n) is 19.9. The van der Waals surface area contributed by atoms with Crippen molar-refractivity contribution in [3.63, 3.8) is 0 Å². The van der Waals surface area contributed by atoms with E-state index in [1.807, 2.05) is 58.9 Å². The Morgan fingerprint density at radius 1 is 0.939 bits per heavy atom. The second-order valence-corrected chi connectivity index (χ2v) is 10.3. The van der Waals surface area contributed by atoms with E-state index in [4.69, 9.17) is 0 Å². The largest absolute Gasteiger partial charge is 0.348 e. The van der Waals surface area contributed by atoms with Crippen LogP contribution in [0.15, 0.2) is 71.6 Å². The molecule has 0 unspecified atom stereocenters. The highest BCUT2D eigenvalue weighted by Crippen LogP contribution is 2.28. The number of para-hydroxylation sites is 1. The van der Waals surface area contributed by atoms with E-state index in [9.17, 15) is 13.2 Å². The van der Waals surface area contributed by atoms with E-state index in [-0.39, 0.29) is 23.4 Å². The molecule has 0 spiro atoms. The van der Waals surface area contributed by atoms with Crippen molar-refractivity contribution in [2.75, 3.05) is 10.8 Å². The van der Waals surface area contributed by atoms with Crippen LogP contribution in [0.25, 0.3) is 0 Å². The van der Waals surface area contributed by atoms with Crippen molar-refractivity contribution in [1.82, 2.24) is 5.32 Å². The molecule has 0 aromatic heterocycles. The van der Waals surface area contributed by atoms with E-state index in [1.54, 1.807) is 36.4 Å². The summed E-state index contributed by atoms with van der Waals surface area (Å²) in [4.78, 5) is 13.3. The fourth-order valence-corrected chi connectivity index (χ4v) is 5.46. The van der Waals surface area contributed by atoms with E-state index < -0.39 is 10.0 Å². The fourth-order valence-electron chi connectivity index (χ4n) is 4.00. The molecule has 3 aromatic carbocycles. The van der Waals surface area contributed by atoms with Gasteiger partial charge in [0.25, 0.3) is 10.0 Å². The minimum atomic E-state index is -3.94. The van der Waals surface area contributed by atoms with Gasteiger partial charge >= 0.3 is 0 Å². The van der Waals surface area contributed by atoms with Gasteiger partial charge < -0.3 is 5.32 Å². The first-order chi connectivity index (χ1) is 15.6. The summed E-state index contributed by atoms with van der Waals surface area (Å²) in [5.41, 5.74) is 5.60. The van der Waals surface area contributed by atoms with Crippen molar-refractivity contribution in [2.24, 2.45) is 0 Å². The molecule has 0 saturated carbocycles. The fraction of sp³-hybridized carbons (Fsp3) is 0.296. The lowest BCUT2D eigenvalue weighted by molar-refractivity contribution is -0.120. The standard InChI is InChI=1S/C27H32N2O3S/c1-6-23-9-7-8-10-26(23)29(33(31,32)24-14-11-19(2)12-15-24)18-27(30)28-22(5)25-16-13-20(3)17-21(25)4/h7-17,22H,6,18H2,1-5H3,(H,28,30)/t22-/m1/s1. The van der Waals surface area contributed by atoms with Gasteiger partial charge in [0.05, 0.1) is 16.6 Å². The van der Waals surface area contributed by atoms with Crippen LogP contribution in [0.1, 0.15) is 47.7 Å². The maximum absolute atomic E-state index is 13.6. The van der Waals surface area contributed by atoms with E-state index in [2.05, 4.69) is 11.4 Å². The summed E-state index contributed by atoms with van der Waals surface area (Å²) in [7, 11) is -3.94. The van der Waals surface area contributed by atoms with Crippen molar-refractivity contribution in [3.8, 4) is 0 Å². The molecule has 174 valence electrons. The summed E-state index contributed by atoms with van der Waals surface area (Å²) >= 11 is 0. The number of carbonyl (C=O) groups excluding carboxylic acids is 1. The Balaban J connectivity index is 1.94. The minimum Gasteiger partial charge on any atom is -0.348 e. The highest BCUT2D eigenvalue weighted by molar-refractivity contribution is 7.92. The SMILES string of the molecule is CCc1ccccc1N(CC(=O)N[C@H](C)c1ccc(C)cc1C)S(=O)(=O)c1ccc(C)cc1.